The van der Waals surface area contributed by atoms with E-state index in [1.807, 2.05) is 36.4 Å². The number of ketones is 1. The van der Waals surface area contributed by atoms with E-state index in [4.69, 9.17) is 16.3 Å². The van der Waals surface area contributed by atoms with Crippen molar-refractivity contribution in [3.05, 3.63) is 66.2 Å². The molecule has 1 saturated heterocycles. The van der Waals surface area contributed by atoms with Gasteiger partial charge >= 0.3 is 6.03 Å². The Bertz CT molecular complexity index is 1590. The van der Waals surface area contributed by atoms with Gasteiger partial charge in [0.05, 0.1) is 23.7 Å². The first-order chi connectivity index (χ1) is 25.7. The first kappa shape index (κ1) is 45.1. The third kappa shape index (κ3) is 13.8. The van der Waals surface area contributed by atoms with E-state index in [0.29, 0.717) is 18.5 Å². The summed E-state index contributed by atoms with van der Waals surface area (Å²) in [5, 5.41) is 0.678. The van der Waals surface area contributed by atoms with E-state index in [0.717, 1.165) is 36.1 Å². The maximum absolute atomic E-state index is 14.1. The number of nitrogens with zero attached hydrogens (tertiary/aromatic N) is 2. The summed E-state index contributed by atoms with van der Waals surface area (Å²) in [7, 11) is -4.02. The molecule has 0 radical (unpaired) electrons. The number of carbonyl (C=O) groups is 4. The lowest BCUT2D eigenvalue weighted by Crippen LogP contribution is -2.54. The summed E-state index contributed by atoms with van der Waals surface area (Å²) in [6.45, 7) is 8.78. The molecule has 0 spiro atoms. The molecule has 4 unspecified atom stereocenters. The molecule has 0 aromatic heterocycles. The highest BCUT2D eigenvalue weighted by molar-refractivity contribution is 7.90. The molecule has 4 amide bonds. The Morgan fingerprint density at radius 1 is 0.833 bits per heavy atom. The van der Waals surface area contributed by atoms with E-state index in [1.54, 1.807) is 52.0 Å². The number of nitrogens with one attached hydrogen (secondary N) is 2. The molecule has 54 heavy (non-hydrogen) atoms. The Morgan fingerprint density at radius 2 is 1.41 bits per heavy atom. The highest BCUT2D eigenvalue weighted by Crippen LogP contribution is 2.33. The Labute approximate surface area is 328 Å². The second-order valence-electron chi connectivity index (χ2n) is 15.1. The van der Waals surface area contributed by atoms with Crippen LogP contribution in [0.3, 0.4) is 0 Å². The van der Waals surface area contributed by atoms with E-state index in [9.17, 15) is 27.6 Å². The summed E-state index contributed by atoms with van der Waals surface area (Å²) in [6, 6.07) is 15.9. The molecule has 1 aliphatic rings. The van der Waals surface area contributed by atoms with Crippen LogP contribution in [-0.2, 0) is 35.7 Å². The highest BCUT2D eigenvalue weighted by atomic mass is 35.5. The lowest BCUT2D eigenvalue weighted by Gasteiger charge is -2.33. The van der Waals surface area contributed by atoms with Crippen LogP contribution in [0, 0.1) is 5.41 Å². The van der Waals surface area contributed by atoms with Gasteiger partial charge in [0.25, 0.3) is 5.91 Å². The van der Waals surface area contributed by atoms with Crippen molar-refractivity contribution >= 4 is 50.9 Å². The molecular formula is C41H61ClN4O7S. The number of alkyl halides is 1. The van der Waals surface area contributed by atoms with Crippen molar-refractivity contribution in [2.24, 2.45) is 5.41 Å². The molecular weight excluding hydrogens is 728 g/mol. The maximum atomic E-state index is 14.1. The molecule has 2 aromatic rings. The fraction of sp³-hybridized carbons (Fsp3) is 0.610. The number of carbonyl (C=O) groups excluding carboxylic acids is 4. The standard InChI is InChI=1S/C41H61ClN4O7S/c1-6-8-9-10-11-12-13-14-21-26-33(54(51,52)43-29-35(47)44-32-24-19-16-20-25-32)27-28-34(42)36(37(48)41(3,4)5)46-38(49)39(53-7-2)45(40(46)50)30-31-22-17-15-18-23-31/h15-20,22-25,33-34,36,39,43H,6-14,21,26-30H2,1-5H3,(H,44,47). The monoisotopic (exact) mass is 788 g/mol. The van der Waals surface area contributed by atoms with Gasteiger partial charge in [-0.15, -0.1) is 11.6 Å². The molecule has 1 fully saturated rings. The normalized spacial score (nSPS) is 16.7. The minimum absolute atomic E-state index is 0.0162. The van der Waals surface area contributed by atoms with E-state index in [1.165, 1.54) is 30.6 Å². The van der Waals surface area contributed by atoms with Crippen LogP contribution >= 0.6 is 11.6 Å². The zero-order valence-electron chi connectivity index (χ0n) is 32.7. The number of benzene rings is 2. The number of para-hydroxylation sites is 1. The summed E-state index contributed by atoms with van der Waals surface area (Å²) in [5.41, 5.74) is 0.343. The summed E-state index contributed by atoms with van der Waals surface area (Å²) >= 11 is 7.05. The number of anilines is 1. The van der Waals surface area contributed by atoms with Crippen molar-refractivity contribution < 1.29 is 32.3 Å². The van der Waals surface area contributed by atoms with Gasteiger partial charge in [-0.1, -0.05) is 134 Å². The number of rotatable bonds is 25. The Morgan fingerprint density at radius 3 is 1.98 bits per heavy atom. The van der Waals surface area contributed by atoms with E-state index in [2.05, 4.69) is 17.0 Å². The van der Waals surface area contributed by atoms with Crippen LogP contribution in [0.15, 0.2) is 60.7 Å². The van der Waals surface area contributed by atoms with Gasteiger partial charge in [0.15, 0.2) is 5.78 Å². The molecule has 11 nitrogen and oxygen atoms in total. The van der Waals surface area contributed by atoms with Crippen LogP contribution in [0.2, 0.25) is 0 Å². The van der Waals surface area contributed by atoms with Gasteiger partial charge in [-0.2, -0.15) is 0 Å². The van der Waals surface area contributed by atoms with Gasteiger partial charge in [0.2, 0.25) is 22.2 Å². The van der Waals surface area contributed by atoms with Crippen LogP contribution in [0.25, 0.3) is 0 Å². The SMILES string of the molecule is CCCCCCCCCCCC(CCC(Cl)C(C(=O)C(C)(C)C)N1C(=O)C(OCC)N(Cc2ccccc2)C1=O)S(=O)(=O)NCC(=O)Nc1ccccc1. The molecule has 3 rings (SSSR count). The topological polar surface area (TPSA) is 142 Å². The molecule has 1 heterocycles. The van der Waals surface area contributed by atoms with Gasteiger partial charge in [0.1, 0.15) is 6.04 Å². The number of hydrogen-bond donors (Lipinski definition) is 2. The fourth-order valence-electron chi connectivity index (χ4n) is 6.63. The van der Waals surface area contributed by atoms with Gasteiger partial charge in [0, 0.05) is 17.7 Å². The average Bonchev–Trinajstić information content (AvgIpc) is 3.35. The molecule has 0 aliphatic carbocycles. The lowest BCUT2D eigenvalue weighted by atomic mass is 9.83. The third-order valence-electron chi connectivity index (χ3n) is 9.66. The second kappa shape index (κ2) is 22.3. The quantitative estimate of drug-likeness (QED) is 0.0590. The Kier molecular flexibility index (Phi) is 18.6. The summed E-state index contributed by atoms with van der Waals surface area (Å²) < 4.78 is 35.8. The van der Waals surface area contributed by atoms with Crippen LogP contribution in [-0.4, -0.2) is 77.9 Å². The van der Waals surface area contributed by atoms with Gasteiger partial charge in [-0.25, -0.2) is 22.8 Å². The minimum Gasteiger partial charge on any atom is -0.350 e. The molecule has 300 valence electrons. The summed E-state index contributed by atoms with van der Waals surface area (Å²) in [4.78, 5) is 57.0. The van der Waals surface area contributed by atoms with Crippen molar-refractivity contribution in [2.75, 3.05) is 18.5 Å². The Balaban J connectivity index is 1.80. The molecule has 2 N–H and O–H groups in total. The van der Waals surface area contributed by atoms with E-state index < -0.39 is 68.5 Å². The predicted octanol–water partition coefficient (Wildman–Crippen LogP) is 8.03. The fourth-order valence-corrected chi connectivity index (χ4v) is 8.47. The molecule has 0 saturated carbocycles. The number of amides is 4. The average molecular weight is 789 g/mol. The maximum Gasteiger partial charge on any atom is 0.330 e. The number of Topliss-reactive ketones (excluding diaryl/α,β-unsaturated/α-hetero) is 1. The number of imide groups is 1. The molecule has 4 atom stereocenters. The van der Waals surface area contributed by atoms with Crippen LogP contribution < -0.4 is 10.0 Å². The van der Waals surface area contributed by atoms with E-state index >= 15 is 0 Å². The number of ether oxygens (including phenoxy) is 1. The van der Waals surface area contributed by atoms with Crippen LogP contribution in [0.5, 0.6) is 0 Å². The first-order valence-electron chi connectivity index (χ1n) is 19.5. The zero-order valence-corrected chi connectivity index (χ0v) is 34.3. The van der Waals surface area contributed by atoms with Gasteiger partial charge < -0.3 is 10.1 Å². The first-order valence-corrected chi connectivity index (χ1v) is 21.5. The predicted molar refractivity (Wildman–Crippen MR) is 214 cm³/mol. The third-order valence-corrected chi connectivity index (χ3v) is 12.0. The number of sulfonamides is 1. The molecule has 13 heteroatoms. The van der Waals surface area contributed by atoms with Gasteiger partial charge in [-0.3, -0.25) is 19.3 Å². The van der Waals surface area contributed by atoms with Crippen molar-refractivity contribution in [1.29, 1.82) is 0 Å². The van der Waals surface area contributed by atoms with Crippen molar-refractivity contribution in [3.8, 4) is 0 Å². The van der Waals surface area contributed by atoms with Crippen molar-refractivity contribution in [2.45, 2.75) is 141 Å². The van der Waals surface area contributed by atoms with Crippen molar-refractivity contribution in [3.63, 3.8) is 0 Å². The summed E-state index contributed by atoms with van der Waals surface area (Å²) in [5.74, 6) is -1.61. The number of unbranched alkanes of at least 4 members (excludes halogenated alkanes) is 8. The summed E-state index contributed by atoms with van der Waals surface area (Å²) in [6.07, 6.45) is 8.74. The highest BCUT2D eigenvalue weighted by Gasteiger charge is 2.53. The molecule has 0 bridgehead atoms. The Hall–Kier alpha value is -3.32. The lowest BCUT2D eigenvalue weighted by molar-refractivity contribution is -0.147. The minimum atomic E-state index is -4.02. The van der Waals surface area contributed by atoms with Gasteiger partial charge in [-0.05, 0) is 43.9 Å². The number of urea groups is 1. The van der Waals surface area contributed by atoms with Crippen molar-refractivity contribution in [1.82, 2.24) is 14.5 Å². The van der Waals surface area contributed by atoms with E-state index in [-0.39, 0.29) is 26.0 Å². The largest absolute Gasteiger partial charge is 0.350 e. The zero-order chi connectivity index (χ0) is 39.7. The molecule has 2 aromatic carbocycles. The number of halogens is 1. The smallest absolute Gasteiger partial charge is 0.330 e. The number of hydrogen-bond acceptors (Lipinski definition) is 7. The van der Waals surface area contributed by atoms with Crippen LogP contribution in [0.4, 0.5) is 10.5 Å². The second-order valence-corrected chi connectivity index (χ2v) is 17.7. The molecule has 1 aliphatic heterocycles. The van der Waals surface area contributed by atoms with Crippen LogP contribution in [0.1, 0.15) is 117 Å².